The van der Waals surface area contributed by atoms with Crippen molar-refractivity contribution in [1.82, 2.24) is 18.9 Å². The molecule has 2 heterocycles. The van der Waals surface area contributed by atoms with Gasteiger partial charge in [0.2, 0.25) is 15.9 Å². The number of carbonyl (C=O) groups is 1. The number of benzene rings is 1. The summed E-state index contributed by atoms with van der Waals surface area (Å²) in [4.78, 5) is 17.6. The molecule has 0 unspecified atom stereocenters. The Morgan fingerprint density at radius 3 is 2.36 bits per heavy atom. The van der Waals surface area contributed by atoms with Crippen LogP contribution in [0.25, 0.3) is 5.65 Å². The average molecular weight is 472 g/mol. The van der Waals surface area contributed by atoms with Gasteiger partial charge in [0.15, 0.2) is 5.65 Å². The van der Waals surface area contributed by atoms with Gasteiger partial charge in [-0.25, -0.2) is 17.9 Å². The summed E-state index contributed by atoms with van der Waals surface area (Å²) in [5, 5.41) is 7.41. The summed E-state index contributed by atoms with van der Waals surface area (Å²) in [6.07, 6.45) is 0.765. The minimum atomic E-state index is -3.62. The molecule has 1 aromatic carbocycles. The molecular weight excluding hydrogens is 438 g/mol. The Hall–Kier alpha value is -2.78. The highest BCUT2D eigenvalue weighted by Gasteiger charge is 2.23. The van der Waals surface area contributed by atoms with Gasteiger partial charge in [-0.1, -0.05) is 13.8 Å². The van der Waals surface area contributed by atoms with Gasteiger partial charge < -0.3 is 5.32 Å². The minimum Gasteiger partial charge on any atom is -0.326 e. The van der Waals surface area contributed by atoms with Gasteiger partial charge in [0.05, 0.1) is 10.6 Å². The molecule has 3 rings (SSSR count). The zero-order valence-electron chi connectivity index (χ0n) is 20.5. The number of rotatable bonds is 8. The second-order valence-electron chi connectivity index (χ2n) is 8.37. The van der Waals surface area contributed by atoms with Crippen molar-refractivity contribution >= 4 is 27.3 Å². The molecule has 0 aliphatic heterocycles. The van der Waals surface area contributed by atoms with E-state index in [1.165, 1.54) is 4.31 Å². The van der Waals surface area contributed by atoms with E-state index < -0.39 is 10.0 Å². The van der Waals surface area contributed by atoms with Crippen LogP contribution in [0, 0.1) is 34.6 Å². The summed E-state index contributed by atoms with van der Waals surface area (Å²) in [7, 11) is -3.62. The van der Waals surface area contributed by atoms with Crippen LogP contribution in [0.5, 0.6) is 0 Å². The number of nitrogens with one attached hydrogen (secondary N) is 1. The summed E-state index contributed by atoms with van der Waals surface area (Å²) in [6, 6.07) is 5.16. The van der Waals surface area contributed by atoms with Gasteiger partial charge in [-0.15, -0.1) is 0 Å². The monoisotopic (exact) mass is 471 g/mol. The van der Waals surface area contributed by atoms with Crippen LogP contribution in [0.2, 0.25) is 0 Å². The Kier molecular flexibility index (Phi) is 7.23. The maximum atomic E-state index is 13.0. The van der Waals surface area contributed by atoms with Crippen molar-refractivity contribution in [2.45, 2.75) is 66.2 Å². The normalized spacial score (nSPS) is 12.0. The van der Waals surface area contributed by atoms with Gasteiger partial charge in [-0.3, -0.25) is 4.79 Å². The highest BCUT2D eigenvalue weighted by Crippen LogP contribution is 2.27. The summed E-state index contributed by atoms with van der Waals surface area (Å²) in [5.41, 5.74) is 6.73. The van der Waals surface area contributed by atoms with Crippen molar-refractivity contribution in [3.63, 3.8) is 0 Å². The van der Waals surface area contributed by atoms with Crippen LogP contribution in [-0.4, -0.2) is 46.3 Å². The molecule has 0 fully saturated rings. The first kappa shape index (κ1) is 24.9. The number of nitrogens with zero attached hydrogens (tertiary/aromatic N) is 4. The molecule has 3 aromatic rings. The first-order valence-corrected chi connectivity index (χ1v) is 12.7. The topological polar surface area (TPSA) is 96.7 Å². The van der Waals surface area contributed by atoms with Crippen molar-refractivity contribution in [3.8, 4) is 0 Å². The molecule has 1 amide bonds. The van der Waals surface area contributed by atoms with Crippen LogP contribution in [0.4, 0.5) is 5.69 Å². The number of anilines is 1. The van der Waals surface area contributed by atoms with Crippen molar-refractivity contribution in [1.29, 1.82) is 0 Å². The van der Waals surface area contributed by atoms with E-state index in [4.69, 9.17) is 0 Å². The molecule has 178 valence electrons. The van der Waals surface area contributed by atoms with Gasteiger partial charge in [0, 0.05) is 42.7 Å². The SMILES string of the molecule is CCN(CC)S(=O)(=O)c1cc(C)c(C)c(NC(=O)CCc2c(C)nc3cc(C)nn3c2C)c1. The standard InChI is InChI=1S/C24H33N5O3S/c1-8-28(9-2)33(31,32)20-12-15(3)17(5)22(14-20)26-24(30)11-10-21-18(6)25-23-13-16(4)27-29(23)19(21)7/h12-14H,8-11H2,1-7H3,(H,26,30). The fourth-order valence-corrected chi connectivity index (χ4v) is 5.64. The highest BCUT2D eigenvalue weighted by atomic mass is 32.2. The molecule has 33 heavy (non-hydrogen) atoms. The summed E-state index contributed by atoms with van der Waals surface area (Å²) < 4.78 is 29.2. The molecule has 8 nitrogen and oxygen atoms in total. The first-order valence-electron chi connectivity index (χ1n) is 11.2. The van der Waals surface area contributed by atoms with E-state index in [-0.39, 0.29) is 17.2 Å². The number of aromatic nitrogens is 3. The zero-order chi connectivity index (χ0) is 24.5. The fourth-order valence-electron chi connectivity index (χ4n) is 4.07. The van der Waals surface area contributed by atoms with Crippen molar-refractivity contribution < 1.29 is 13.2 Å². The van der Waals surface area contributed by atoms with Crippen LogP contribution in [0.1, 0.15) is 54.0 Å². The molecule has 0 atom stereocenters. The lowest BCUT2D eigenvalue weighted by molar-refractivity contribution is -0.116. The zero-order valence-corrected chi connectivity index (χ0v) is 21.3. The summed E-state index contributed by atoms with van der Waals surface area (Å²) in [5.74, 6) is -0.176. The van der Waals surface area contributed by atoms with Crippen molar-refractivity contribution in [2.75, 3.05) is 18.4 Å². The maximum absolute atomic E-state index is 13.0. The fraction of sp³-hybridized carbons (Fsp3) is 0.458. The second kappa shape index (κ2) is 9.61. The molecule has 0 radical (unpaired) electrons. The number of hydrogen-bond acceptors (Lipinski definition) is 5. The second-order valence-corrected chi connectivity index (χ2v) is 10.3. The molecule has 2 aromatic heterocycles. The lowest BCUT2D eigenvalue weighted by Crippen LogP contribution is -2.30. The molecule has 0 aliphatic carbocycles. The van der Waals surface area contributed by atoms with Gasteiger partial charge in [-0.2, -0.15) is 9.40 Å². The maximum Gasteiger partial charge on any atom is 0.243 e. The van der Waals surface area contributed by atoms with Crippen LogP contribution < -0.4 is 5.32 Å². The van der Waals surface area contributed by atoms with Crippen LogP contribution in [0.3, 0.4) is 0 Å². The highest BCUT2D eigenvalue weighted by molar-refractivity contribution is 7.89. The summed E-state index contributed by atoms with van der Waals surface area (Å²) >= 11 is 0. The third-order valence-electron chi connectivity index (χ3n) is 6.15. The predicted octanol–water partition coefficient (Wildman–Crippen LogP) is 3.87. The van der Waals surface area contributed by atoms with E-state index in [0.29, 0.717) is 25.2 Å². The van der Waals surface area contributed by atoms with Gasteiger partial charge in [-0.05, 0) is 69.9 Å². The average Bonchev–Trinajstić information content (AvgIpc) is 3.11. The quantitative estimate of drug-likeness (QED) is 0.538. The Labute approximate surface area is 196 Å². The molecular formula is C24H33N5O3S. The Morgan fingerprint density at radius 2 is 1.73 bits per heavy atom. The lowest BCUT2D eigenvalue weighted by Gasteiger charge is -2.20. The third-order valence-corrected chi connectivity index (χ3v) is 8.17. The number of fused-ring (bicyclic) bond motifs is 1. The molecule has 0 bridgehead atoms. The number of hydrogen-bond donors (Lipinski definition) is 1. The Balaban J connectivity index is 1.82. The Morgan fingerprint density at radius 1 is 1.06 bits per heavy atom. The molecule has 1 N–H and O–H groups in total. The largest absolute Gasteiger partial charge is 0.326 e. The molecule has 9 heteroatoms. The third kappa shape index (κ3) is 4.94. The van der Waals surface area contributed by atoms with Gasteiger partial charge >= 0.3 is 0 Å². The number of carbonyl (C=O) groups excluding carboxylic acids is 1. The molecule has 0 saturated heterocycles. The van der Waals surface area contributed by atoms with Crippen molar-refractivity contribution in [3.05, 3.63) is 52.0 Å². The number of aryl methyl sites for hydroxylation is 4. The molecule has 0 saturated carbocycles. The van der Waals surface area contributed by atoms with Gasteiger partial charge in [0.25, 0.3) is 0 Å². The van der Waals surface area contributed by atoms with Gasteiger partial charge in [0.1, 0.15) is 0 Å². The van der Waals surface area contributed by atoms with Crippen molar-refractivity contribution in [2.24, 2.45) is 0 Å². The summed E-state index contributed by atoms with van der Waals surface area (Å²) in [6.45, 7) is 14.0. The molecule has 0 aliphatic rings. The van der Waals surface area contributed by atoms with E-state index >= 15 is 0 Å². The number of amides is 1. The van der Waals surface area contributed by atoms with E-state index in [1.54, 1.807) is 12.1 Å². The van der Waals surface area contributed by atoms with E-state index in [1.807, 2.05) is 59.0 Å². The minimum absolute atomic E-state index is 0.176. The van der Waals surface area contributed by atoms with E-state index in [9.17, 15) is 13.2 Å². The number of sulfonamides is 1. The van der Waals surface area contributed by atoms with Crippen LogP contribution in [-0.2, 0) is 21.2 Å². The smallest absolute Gasteiger partial charge is 0.243 e. The first-order chi connectivity index (χ1) is 15.5. The predicted molar refractivity (Wildman–Crippen MR) is 130 cm³/mol. The van der Waals surface area contributed by atoms with E-state index in [0.717, 1.165) is 39.4 Å². The van der Waals surface area contributed by atoms with Crippen LogP contribution in [0.15, 0.2) is 23.1 Å². The Bertz CT molecular complexity index is 1310. The van der Waals surface area contributed by atoms with Crippen LogP contribution >= 0.6 is 0 Å². The molecule has 0 spiro atoms. The van der Waals surface area contributed by atoms with E-state index in [2.05, 4.69) is 15.4 Å². The lowest BCUT2D eigenvalue weighted by atomic mass is 10.1.